The first kappa shape index (κ1) is 23.4. The van der Waals surface area contributed by atoms with Crippen LogP contribution in [0.25, 0.3) is 0 Å². The Kier molecular flexibility index (Phi) is 7.99. The SMILES string of the molecule is NC(=CC(=Nc1ccccc1Cl)c1ccc(C(=O)NCC(O)CO)cc1)C(F)(F)F. The van der Waals surface area contributed by atoms with Crippen LogP contribution in [0.5, 0.6) is 0 Å². The first-order chi connectivity index (χ1) is 14.1. The first-order valence-electron chi connectivity index (χ1n) is 8.67. The molecule has 0 aliphatic rings. The highest BCUT2D eigenvalue weighted by molar-refractivity contribution is 6.33. The lowest BCUT2D eigenvalue weighted by molar-refractivity contribution is -0.0925. The minimum atomic E-state index is -4.74. The van der Waals surface area contributed by atoms with Crippen molar-refractivity contribution in [3.63, 3.8) is 0 Å². The van der Waals surface area contributed by atoms with E-state index < -0.39 is 30.5 Å². The van der Waals surface area contributed by atoms with E-state index in [0.29, 0.717) is 6.08 Å². The summed E-state index contributed by atoms with van der Waals surface area (Å²) in [5, 5.41) is 20.7. The average molecular weight is 442 g/mol. The van der Waals surface area contributed by atoms with Gasteiger partial charge in [0.1, 0.15) is 5.70 Å². The van der Waals surface area contributed by atoms with Crippen LogP contribution in [0, 0.1) is 0 Å². The molecule has 2 aromatic rings. The van der Waals surface area contributed by atoms with Gasteiger partial charge in [0.25, 0.3) is 5.91 Å². The van der Waals surface area contributed by atoms with E-state index in [-0.39, 0.29) is 34.1 Å². The molecule has 0 aliphatic heterocycles. The number of halogens is 4. The number of amides is 1. The van der Waals surface area contributed by atoms with E-state index in [4.69, 9.17) is 22.4 Å². The predicted molar refractivity (Wildman–Crippen MR) is 108 cm³/mol. The highest BCUT2D eigenvalue weighted by Gasteiger charge is 2.31. The van der Waals surface area contributed by atoms with Gasteiger partial charge in [0.2, 0.25) is 0 Å². The molecule has 0 aromatic heterocycles. The summed E-state index contributed by atoms with van der Waals surface area (Å²) in [6.07, 6.45) is -5.15. The molecule has 160 valence electrons. The zero-order valence-corrected chi connectivity index (χ0v) is 16.3. The number of nitrogens with one attached hydrogen (secondary N) is 1. The summed E-state index contributed by atoms with van der Waals surface area (Å²) in [5.74, 6) is -0.524. The Hall–Kier alpha value is -2.88. The highest BCUT2D eigenvalue weighted by Crippen LogP contribution is 2.27. The fourth-order valence-electron chi connectivity index (χ4n) is 2.25. The molecule has 0 saturated heterocycles. The Morgan fingerprint density at radius 1 is 1.17 bits per heavy atom. The van der Waals surface area contributed by atoms with Crippen molar-refractivity contribution in [3.05, 3.63) is 76.5 Å². The highest BCUT2D eigenvalue weighted by atomic mass is 35.5. The van der Waals surface area contributed by atoms with Crippen LogP contribution in [0.3, 0.4) is 0 Å². The Morgan fingerprint density at radius 3 is 2.33 bits per heavy atom. The number of rotatable bonds is 7. The molecule has 0 radical (unpaired) electrons. The van der Waals surface area contributed by atoms with E-state index >= 15 is 0 Å². The lowest BCUT2D eigenvalue weighted by atomic mass is 10.1. The Labute approximate surface area is 175 Å². The number of hydrogen-bond acceptors (Lipinski definition) is 5. The lowest BCUT2D eigenvalue weighted by Gasteiger charge is -2.11. The topological polar surface area (TPSA) is 108 Å². The third kappa shape index (κ3) is 6.58. The van der Waals surface area contributed by atoms with Crippen molar-refractivity contribution in [1.29, 1.82) is 0 Å². The molecule has 0 saturated carbocycles. The predicted octanol–water partition coefficient (Wildman–Crippen LogP) is 2.95. The second kappa shape index (κ2) is 10.2. The molecule has 0 spiro atoms. The fourth-order valence-corrected chi connectivity index (χ4v) is 2.43. The zero-order chi connectivity index (χ0) is 22.3. The summed E-state index contributed by atoms with van der Waals surface area (Å²) in [7, 11) is 0. The molecule has 0 bridgehead atoms. The van der Waals surface area contributed by atoms with E-state index in [1.807, 2.05) is 0 Å². The van der Waals surface area contributed by atoms with Crippen molar-refractivity contribution >= 4 is 28.9 Å². The third-order valence-corrected chi connectivity index (χ3v) is 4.18. The number of nitrogens with two attached hydrogens (primary N) is 1. The van der Waals surface area contributed by atoms with Crippen molar-refractivity contribution in [2.24, 2.45) is 10.7 Å². The van der Waals surface area contributed by atoms with Gasteiger partial charge in [-0.05, 0) is 30.3 Å². The molecule has 6 nitrogen and oxygen atoms in total. The van der Waals surface area contributed by atoms with Crippen LogP contribution >= 0.6 is 11.6 Å². The number of para-hydroxylation sites is 1. The summed E-state index contributed by atoms with van der Waals surface area (Å²) >= 11 is 6.05. The van der Waals surface area contributed by atoms with Gasteiger partial charge in [-0.15, -0.1) is 0 Å². The number of aliphatic imine (C=N–C) groups is 1. The first-order valence-corrected chi connectivity index (χ1v) is 9.04. The summed E-state index contributed by atoms with van der Waals surface area (Å²) in [6.45, 7) is -0.658. The lowest BCUT2D eigenvalue weighted by Crippen LogP contribution is -2.33. The third-order valence-electron chi connectivity index (χ3n) is 3.86. The summed E-state index contributed by atoms with van der Waals surface area (Å²) < 4.78 is 38.8. The maximum absolute atomic E-state index is 12.9. The molecule has 10 heteroatoms. The number of hydrogen-bond donors (Lipinski definition) is 4. The van der Waals surface area contributed by atoms with Gasteiger partial charge in [0.05, 0.1) is 29.1 Å². The molecule has 1 amide bonds. The van der Waals surface area contributed by atoms with E-state index in [2.05, 4.69) is 10.3 Å². The Morgan fingerprint density at radius 2 is 1.77 bits per heavy atom. The maximum Gasteiger partial charge on any atom is 0.430 e. The average Bonchev–Trinajstić information content (AvgIpc) is 2.72. The van der Waals surface area contributed by atoms with Gasteiger partial charge in [-0.1, -0.05) is 35.9 Å². The number of aliphatic hydroxyl groups excluding tert-OH is 2. The van der Waals surface area contributed by atoms with Crippen LogP contribution in [-0.4, -0.2) is 47.3 Å². The van der Waals surface area contributed by atoms with Crippen molar-refractivity contribution in [3.8, 4) is 0 Å². The second-order valence-corrected chi connectivity index (χ2v) is 6.58. The maximum atomic E-state index is 12.9. The van der Waals surface area contributed by atoms with E-state index in [1.165, 1.54) is 30.3 Å². The fraction of sp³-hybridized carbons (Fsp3) is 0.200. The van der Waals surface area contributed by atoms with Gasteiger partial charge in [0.15, 0.2) is 0 Å². The molecule has 0 heterocycles. The van der Waals surface area contributed by atoms with Gasteiger partial charge in [-0.3, -0.25) is 4.79 Å². The van der Waals surface area contributed by atoms with Crippen molar-refractivity contribution in [1.82, 2.24) is 5.32 Å². The number of carbonyl (C=O) groups excluding carboxylic acids is 1. The summed E-state index contributed by atoms with van der Waals surface area (Å²) in [5.41, 5.74) is 4.44. The number of carbonyl (C=O) groups is 1. The smallest absolute Gasteiger partial charge is 0.395 e. The molecular formula is C20H19ClF3N3O3. The van der Waals surface area contributed by atoms with E-state index in [9.17, 15) is 23.1 Å². The van der Waals surface area contributed by atoms with Gasteiger partial charge < -0.3 is 21.3 Å². The molecule has 1 unspecified atom stereocenters. The normalized spacial score (nSPS) is 13.8. The molecule has 5 N–H and O–H groups in total. The quantitative estimate of drug-likeness (QED) is 0.495. The number of allylic oxidation sites excluding steroid dienone is 2. The molecule has 2 aromatic carbocycles. The van der Waals surface area contributed by atoms with Crippen molar-refractivity contribution in [2.75, 3.05) is 13.2 Å². The minimum absolute atomic E-state index is 0.0967. The van der Waals surface area contributed by atoms with E-state index in [1.54, 1.807) is 18.2 Å². The van der Waals surface area contributed by atoms with Gasteiger partial charge >= 0.3 is 6.18 Å². The second-order valence-electron chi connectivity index (χ2n) is 6.17. The van der Waals surface area contributed by atoms with Crippen LogP contribution in [0.2, 0.25) is 5.02 Å². The van der Waals surface area contributed by atoms with Crippen LogP contribution in [0.4, 0.5) is 18.9 Å². The largest absolute Gasteiger partial charge is 0.430 e. The van der Waals surface area contributed by atoms with Crippen LogP contribution in [0.1, 0.15) is 15.9 Å². The molecule has 0 fully saturated rings. The van der Waals surface area contributed by atoms with Crippen molar-refractivity contribution in [2.45, 2.75) is 12.3 Å². The van der Waals surface area contributed by atoms with Gasteiger partial charge in [-0.2, -0.15) is 13.2 Å². The zero-order valence-electron chi connectivity index (χ0n) is 15.5. The standard InChI is InChI=1S/C20H19ClF3N3O3/c21-15-3-1-2-4-16(15)27-17(9-18(25)20(22,23)24)12-5-7-13(8-6-12)19(30)26-10-14(29)11-28/h1-9,14,28-29H,10-11,25H2,(H,26,30). The summed E-state index contributed by atoms with van der Waals surface area (Å²) in [4.78, 5) is 16.3. The Balaban J connectivity index is 2.37. The van der Waals surface area contributed by atoms with Crippen LogP contribution < -0.4 is 11.1 Å². The minimum Gasteiger partial charge on any atom is -0.395 e. The molecule has 1 atom stereocenters. The van der Waals surface area contributed by atoms with Gasteiger partial charge in [0, 0.05) is 17.7 Å². The van der Waals surface area contributed by atoms with Crippen LogP contribution in [-0.2, 0) is 0 Å². The molecule has 0 aliphatic carbocycles. The number of aliphatic hydroxyl groups is 2. The molecular weight excluding hydrogens is 423 g/mol. The Bertz CT molecular complexity index is 944. The number of alkyl halides is 3. The van der Waals surface area contributed by atoms with Gasteiger partial charge in [-0.25, -0.2) is 4.99 Å². The summed E-state index contributed by atoms with van der Waals surface area (Å²) in [6, 6.07) is 12.0. The molecule has 2 rings (SSSR count). The number of nitrogens with zero attached hydrogens (tertiary/aromatic N) is 1. The number of benzene rings is 2. The van der Waals surface area contributed by atoms with E-state index in [0.717, 1.165) is 0 Å². The molecule has 30 heavy (non-hydrogen) atoms. The van der Waals surface area contributed by atoms with Crippen LogP contribution in [0.15, 0.2) is 65.3 Å². The monoisotopic (exact) mass is 441 g/mol. The van der Waals surface area contributed by atoms with Crippen molar-refractivity contribution < 1.29 is 28.2 Å².